The van der Waals surface area contributed by atoms with Gasteiger partial charge in [-0.1, -0.05) is 16.8 Å². The maximum atomic E-state index is 5.84. The summed E-state index contributed by atoms with van der Waals surface area (Å²) in [5, 5.41) is 8.89. The topological polar surface area (TPSA) is 60.0 Å². The molecular formula is C15H16ClN5O. The quantitative estimate of drug-likeness (QED) is 0.699. The Bertz CT molecular complexity index is 724. The lowest BCUT2D eigenvalue weighted by molar-refractivity contribution is 0.261. The van der Waals surface area contributed by atoms with Crippen molar-refractivity contribution in [3.8, 4) is 11.3 Å². The second kappa shape index (κ2) is 6.72. The fraction of sp³-hybridized carbons (Fsp3) is 0.267. The molecule has 0 aliphatic carbocycles. The highest BCUT2D eigenvalue weighted by Crippen LogP contribution is 2.18. The van der Waals surface area contributed by atoms with Crippen LogP contribution in [0.4, 0.5) is 0 Å². The SMILES string of the molecule is CN(CCn1cc(Cl)cn1)Cc1cc(-c2cccnc2)no1. The first-order valence-corrected chi connectivity index (χ1v) is 7.31. The number of halogens is 1. The van der Waals surface area contributed by atoms with Gasteiger partial charge in [0, 0.05) is 36.8 Å². The molecule has 0 fully saturated rings. The Labute approximate surface area is 133 Å². The van der Waals surface area contributed by atoms with Gasteiger partial charge in [0.2, 0.25) is 0 Å². The fourth-order valence-corrected chi connectivity index (χ4v) is 2.27. The van der Waals surface area contributed by atoms with Gasteiger partial charge in [-0.25, -0.2) is 0 Å². The van der Waals surface area contributed by atoms with E-state index in [2.05, 4.69) is 20.1 Å². The van der Waals surface area contributed by atoms with Crippen LogP contribution in [0.3, 0.4) is 0 Å². The van der Waals surface area contributed by atoms with Crippen molar-refractivity contribution in [2.45, 2.75) is 13.1 Å². The van der Waals surface area contributed by atoms with Crippen molar-refractivity contribution < 1.29 is 4.52 Å². The van der Waals surface area contributed by atoms with E-state index in [-0.39, 0.29) is 0 Å². The van der Waals surface area contributed by atoms with E-state index in [1.54, 1.807) is 18.6 Å². The summed E-state index contributed by atoms with van der Waals surface area (Å²) in [4.78, 5) is 6.23. The average Bonchev–Trinajstić information content (AvgIpc) is 3.15. The Kier molecular flexibility index (Phi) is 4.50. The van der Waals surface area contributed by atoms with Crippen molar-refractivity contribution >= 4 is 11.6 Å². The van der Waals surface area contributed by atoms with Crippen LogP contribution in [0.5, 0.6) is 0 Å². The molecule has 6 nitrogen and oxygen atoms in total. The van der Waals surface area contributed by atoms with Crippen LogP contribution in [0.15, 0.2) is 47.5 Å². The number of rotatable bonds is 6. The molecule has 0 saturated heterocycles. The molecule has 0 spiro atoms. The molecule has 3 heterocycles. The van der Waals surface area contributed by atoms with E-state index < -0.39 is 0 Å². The summed E-state index contributed by atoms with van der Waals surface area (Å²) in [6.45, 7) is 2.29. The van der Waals surface area contributed by atoms with Crippen LogP contribution in [-0.4, -0.2) is 38.4 Å². The minimum atomic E-state index is 0.652. The monoisotopic (exact) mass is 317 g/mol. The lowest BCUT2D eigenvalue weighted by atomic mass is 10.2. The van der Waals surface area contributed by atoms with Crippen molar-refractivity contribution in [3.63, 3.8) is 0 Å². The first kappa shape index (κ1) is 14.7. The highest BCUT2D eigenvalue weighted by atomic mass is 35.5. The van der Waals surface area contributed by atoms with Gasteiger partial charge in [0.05, 0.1) is 24.3 Å². The van der Waals surface area contributed by atoms with Crippen LogP contribution in [0.2, 0.25) is 5.02 Å². The Morgan fingerprint density at radius 1 is 1.36 bits per heavy atom. The molecule has 0 aliphatic heterocycles. The summed E-state index contributed by atoms with van der Waals surface area (Å²) in [5.41, 5.74) is 1.75. The van der Waals surface area contributed by atoms with Gasteiger partial charge in [0.15, 0.2) is 5.76 Å². The van der Waals surface area contributed by atoms with Gasteiger partial charge in [-0.05, 0) is 19.2 Å². The fourth-order valence-electron chi connectivity index (χ4n) is 2.12. The molecule has 0 atom stereocenters. The minimum Gasteiger partial charge on any atom is -0.359 e. The van der Waals surface area contributed by atoms with E-state index in [9.17, 15) is 0 Å². The third kappa shape index (κ3) is 3.72. The molecule has 3 rings (SSSR count). The van der Waals surface area contributed by atoms with Crippen molar-refractivity contribution in [2.75, 3.05) is 13.6 Å². The number of pyridine rings is 1. The van der Waals surface area contributed by atoms with E-state index in [1.165, 1.54) is 0 Å². The third-order valence-corrected chi connectivity index (χ3v) is 3.45. The van der Waals surface area contributed by atoms with Crippen molar-refractivity contribution in [2.24, 2.45) is 0 Å². The van der Waals surface area contributed by atoms with Crippen molar-refractivity contribution in [1.82, 2.24) is 24.8 Å². The van der Waals surface area contributed by atoms with Gasteiger partial charge in [-0.15, -0.1) is 0 Å². The second-order valence-corrected chi connectivity index (χ2v) is 5.52. The first-order valence-electron chi connectivity index (χ1n) is 6.93. The average molecular weight is 318 g/mol. The lowest BCUT2D eigenvalue weighted by Crippen LogP contribution is -2.22. The number of hydrogen-bond acceptors (Lipinski definition) is 5. The maximum absolute atomic E-state index is 5.84. The number of nitrogens with zero attached hydrogens (tertiary/aromatic N) is 5. The molecule has 22 heavy (non-hydrogen) atoms. The van der Waals surface area contributed by atoms with Crippen LogP contribution in [0.25, 0.3) is 11.3 Å². The van der Waals surface area contributed by atoms with Gasteiger partial charge in [-0.3, -0.25) is 14.6 Å². The predicted molar refractivity (Wildman–Crippen MR) is 83.3 cm³/mol. The normalized spacial score (nSPS) is 11.2. The molecular weight excluding hydrogens is 302 g/mol. The Hall–Kier alpha value is -2.18. The molecule has 114 valence electrons. The maximum Gasteiger partial charge on any atom is 0.151 e. The van der Waals surface area contributed by atoms with Gasteiger partial charge in [0.25, 0.3) is 0 Å². The largest absolute Gasteiger partial charge is 0.359 e. The molecule has 0 aromatic carbocycles. The van der Waals surface area contributed by atoms with Crippen LogP contribution < -0.4 is 0 Å². The summed E-state index contributed by atoms with van der Waals surface area (Å²) < 4.78 is 7.20. The summed E-state index contributed by atoms with van der Waals surface area (Å²) in [7, 11) is 2.03. The summed E-state index contributed by atoms with van der Waals surface area (Å²) in [5.74, 6) is 0.819. The van der Waals surface area contributed by atoms with E-state index >= 15 is 0 Å². The zero-order valence-electron chi connectivity index (χ0n) is 12.2. The van der Waals surface area contributed by atoms with Crippen LogP contribution in [0, 0.1) is 0 Å². The van der Waals surface area contributed by atoms with Gasteiger partial charge in [-0.2, -0.15) is 5.10 Å². The number of likely N-dealkylation sites (N-methyl/N-ethyl adjacent to an activating group) is 1. The van der Waals surface area contributed by atoms with Gasteiger partial charge >= 0.3 is 0 Å². The molecule has 0 N–H and O–H groups in total. The molecule has 0 amide bonds. The molecule has 0 unspecified atom stereocenters. The Balaban J connectivity index is 1.55. The lowest BCUT2D eigenvalue weighted by Gasteiger charge is -2.14. The number of aromatic nitrogens is 4. The number of hydrogen-bond donors (Lipinski definition) is 0. The van der Waals surface area contributed by atoms with Crippen molar-refractivity contribution in [3.05, 3.63) is 53.8 Å². The molecule has 7 heteroatoms. The molecule has 0 aliphatic rings. The second-order valence-electron chi connectivity index (χ2n) is 5.08. The van der Waals surface area contributed by atoms with Gasteiger partial charge in [0.1, 0.15) is 5.69 Å². The van der Waals surface area contributed by atoms with E-state index in [1.807, 2.05) is 36.1 Å². The minimum absolute atomic E-state index is 0.652. The zero-order valence-corrected chi connectivity index (χ0v) is 12.9. The molecule has 0 saturated carbocycles. The smallest absolute Gasteiger partial charge is 0.151 e. The molecule has 3 aromatic rings. The standard InChI is InChI=1S/C15H16ClN5O/c1-20(5-6-21-10-13(16)9-18-21)11-14-7-15(19-22-14)12-3-2-4-17-8-12/h2-4,7-10H,5-6,11H2,1H3. The van der Waals surface area contributed by atoms with Gasteiger partial charge < -0.3 is 4.52 Å². The predicted octanol–water partition coefficient (Wildman–Crippen LogP) is 2.72. The first-order chi connectivity index (χ1) is 10.7. The highest BCUT2D eigenvalue weighted by molar-refractivity contribution is 6.30. The Morgan fingerprint density at radius 2 is 2.27 bits per heavy atom. The third-order valence-electron chi connectivity index (χ3n) is 3.25. The highest BCUT2D eigenvalue weighted by Gasteiger charge is 2.09. The Morgan fingerprint density at radius 3 is 3.00 bits per heavy atom. The van der Waals surface area contributed by atoms with Crippen LogP contribution in [-0.2, 0) is 13.1 Å². The van der Waals surface area contributed by atoms with E-state index in [0.717, 1.165) is 30.1 Å². The van der Waals surface area contributed by atoms with Crippen molar-refractivity contribution in [1.29, 1.82) is 0 Å². The molecule has 0 bridgehead atoms. The summed E-state index contributed by atoms with van der Waals surface area (Å²) in [6.07, 6.45) is 6.95. The summed E-state index contributed by atoms with van der Waals surface area (Å²) in [6, 6.07) is 5.78. The molecule has 0 radical (unpaired) electrons. The van der Waals surface area contributed by atoms with Crippen LogP contribution in [0.1, 0.15) is 5.76 Å². The zero-order chi connectivity index (χ0) is 15.4. The van der Waals surface area contributed by atoms with Crippen LogP contribution >= 0.6 is 11.6 Å². The molecule has 3 aromatic heterocycles. The van der Waals surface area contributed by atoms with E-state index in [0.29, 0.717) is 11.6 Å². The summed E-state index contributed by atoms with van der Waals surface area (Å²) >= 11 is 5.84. The van der Waals surface area contributed by atoms with E-state index in [4.69, 9.17) is 16.1 Å².